The van der Waals surface area contributed by atoms with Crippen LogP contribution in [0.1, 0.15) is 23.2 Å². The summed E-state index contributed by atoms with van der Waals surface area (Å²) in [6, 6.07) is 6.60. The number of hydrogen-bond donors (Lipinski definition) is 3. The summed E-state index contributed by atoms with van der Waals surface area (Å²) in [6.07, 6.45) is 1.33. The van der Waals surface area contributed by atoms with E-state index < -0.39 is 23.6 Å². The zero-order valence-corrected chi connectivity index (χ0v) is 16.9. The fraction of sp³-hybridized carbons (Fsp3) is 0.278. The van der Waals surface area contributed by atoms with E-state index in [9.17, 15) is 18.7 Å². The van der Waals surface area contributed by atoms with Crippen molar-refractivity contribution in [1.82, 2.24) is 5.48 Å². The maximum atomic E-state index is 14.1. The molecule has 1 unspecified atom stereocenters. The number of nitrogens with one attached hydrogen (secondary N) is 2. The van der Waals surface area contributed by atoms with Crippen molar-refractivity contribution in [2.24, 2.45) is 5.92 Å². The molecule has 0 heterocycles. The van der Waals surface area contributed by atoms with Crippen LogP contribution in [0.5, 0.6) is 0 Å². The normalized spacial score (nSPS) is 14.7. The highest BCUT2D eigenvalue weighted by molar-refractivity contribution is 14.1. The Labute approximate surface area is 173 Å². The van der Waals surface area contributed by atoms with Crippen LogP contribution in [0.4, 0.5) is 20.2 Å². The monoisotopic (exact) mass is 508 g/mol. The highest BCUT2D eigenvalue weighted by Gasteiger charge is 2.32. The number of benzene rings is 2. The summed E-state index contributed by atoms with van der Waals surface area (Å²) in [5.41, 5.74) is 2.35. The summed E-state index contributed by atoms with van der Waals surface area (Å²) in [6.45, 7) is -0.228. The molecule has 1 saturated carbocycles. The highest BCUT2D eigenvalue weighted by atomic mass is 127. The van der Waals surface area contributed by atoms with Gasteiger partial charge in [-0.2, -0.15) is 0 Å². The number of hydrogen-bond acceptors (Lipinski definition) is 4. The molecule has 0 aliphatic heterocycles. The van der Waals surface area contributed by atoms with Crippen molar-refractivity contribution in [2.45, 2.75) is 18.9 Å². The first-order chi connectivity index (χ1) is 12.9. The molecule has 2 aromatic carbocycles. The molecule has 27 heavy (non-hydrogen) atoms. The molecule has 5 nitrogen and oxygen atoms in total. The van der Waals surface area contributed by atoms with Crippen LogP contribution >= 0.6 is 34.2 Å². The Morgan fingerprint density at radius 2 is 2.00 bits per heavy atom. The zero-order chi connectivity index (χ0) is 19.6. The van der Waals surface area contributed by atoms with Gasteiger partial charge in [-0.05, 0) is 71.7 Å². The van der Waals surface area contributed by atoms with E-state index in [1.807, 2.05) is 22.6 Å². The van der Waals surface area contributed by atoms with Gasteiger partial charge >= 0.3 is 0 Å². The van der Waals surface area contributed by atoms with Gasteiger partial charge in [-0.15, -0.1) is 0 Å². The van der Waals surface area contributed by atoms with Crippen LogP contribution in [-0.2, 0) is 4.84 Å². The maximum Gasteiger partial charge on any atom is 0.277 e. The highest BCUT2D eigenvalue weighted by Crippen LogP contribution is 2.34. The van der Waals surface area contributed by atoms with Crippen LogP contribution in [0, 0.1) is 21.1 Å². The summed E-state index contributed by atoms with van der Waals surface area (Å²) in [5.74, 6) is -1.79. The van der Waals surface area contributed by atoms with E-state index in [4.69, 9.17) is 16.4 Å². The molecule has 2 aromatic rings. The first-order valence-corrected chi connectivity index (χ1v) is 9.62. The molecule has 3 N–H and O–H groups in total. The van der Waals surface area contributed by atoms with E-state index in [2.05, 4.69) is 10.8 Å². The second-order valence-corrected chi connectivity index (χ2v) is 7.82. The van der Waals surface area contributed by atoms with Crippen LogP contribution in [-0.4, -0.2) is 23.7 Å². The van der Waals surface area contributed by atoms with E-state index in [1.165, 1.54) is 12.1 Å². The minimum Gasteiger partial charge on any atom is -0.394 e. The molecule has 1 amide bonds. The second kappa shape index (κ2) is 8.68. The Kier molecular flexibility index (Phi) is 6.51. The van der Waals surface area contributed by atoms with Crippen LogP contribution in [0.2, 0.25) is 5.02 Å². The molecule has 1 fully saturated rings. The van der Waals surface area contributed by atoms with Gasteiger partial charge in [0, 0.05) is 3.57 Å². The van der Waals surface area contributed by atoms with Gasteiger partial charge in [0.05, 0.1) is 28.6 Å². The zero-order valence-electron chi connectivity index (χ0n) is 13.9. The lowest BCUT2D eigenvalue weighted by atomic mass is 10.1. The van der Waals surface area contributed by atoms with Crippen LogP contribution in [0.15, 0.2) is 30.3 Å². The van der Waals surface area contributed by atoms with Crippen molar-refractivity contribution >= 4 is 51.5 Å². The number of hydroxylamine groups is 1. The lowest BCUT2D eigenvalue weighted by Gasteiger charge is -2.17. The Bertz CT molecular complexity index is 865. The summed E-state index contributed by atoms with van der Waals surface area (Å²) in [5, 5.41) is 11.8. The summed E-state index contributed by atoms with van der Waals surface area (Å²) in [4.78, 5) is 17.7. The van der Waals surface area contributed by atoms with Gasteiger partial charge in [0.2, 0.25) is 0 Å². The predicted molar refractivity (Wildman–Crippen MR) is 106 cm³/mol. The summed E-state index contributed by atoms with van der Waals surface area (Å²) in [7, 11) is 0. The lowest BCUT2D eigenvalue weighted by Crippen LogP contribution is -2.33. The minimum atomic E-state index is -0.756. The predicted octanol–water partition coefficient (Wildman–Crippen LogP) is 4.40. The third kappa shape index (κ3) is 5.07. The molecule has 0 radical (unpaired) electrons. The average Bonchev–Trinajstić information content (AvgIpc) is 3.45. The Morgan fingerprint density at radius 1 is 1.26 bits per heavy atom. The van der Waals surface area contributed by atoms with Gasteiger partial charge in [0.1, 0.15) is 17.7 Å². The number of halogens is 4. The largest absolute Gasteiger partial charge is 0.394 e. The van der Waals surface area contributed by atoms with Crippen LogP contribution < -0.4 is 10.8 Å². The van der Waals surface area contributed by atoms with E-state index in [1.54, 1.807) is 6.07 Å². The number of amides is 1. The van der Waals surface area contributed by atoms with E-state index in [0.717, 1.165) is 25.0 Å². The molecular formula is C18H16ClF2IN2O3. The third-order valence-electron chi connectivity index (χ3n) is 4.14. The lowest BCUT2D eigenvalue weighted by molar-refractivity contribution is -0.0496. The van der Waals surface area contributed by atoms with Crippen molar-refractivity contribution in [3.63, 3.8) is 0 Å². The van der Waals surface area contributed by atoms with Crippen molar-refractivity contribution in [1.29, 1.82) is 0 Å². The molecule has 3 rings (SSSR count). The summed E-state index contributed by atoms with van der Waals surface area (Å²) < 4.78 is 28.7. The average molecular weight is 509 g/mol. The number of anilines is 2. The smallest absolute Gasteiger partial charge is 0.277 e. The van der Waals surface area contributed by atoms with Crippen molar-refractivity contribution in [3.8, 4) is 0 Å². The maximum absolute atomic E-state index is 14.1. The number of carbonyl (C=O) groups excluding carboxylic acids is 1. The van der Waals surface area contributed by atoms with Gasteiger partial charge in [0.15, 0.2) is 0 Å². The number of carbonyl (C=O) groups is 1. The Hall–Kier alpha value is -1.49. The van der Waals surface area contributed by atoms with Crippen LogP contribution in [0.25, 0.3) is 0 Å². The minimum absolute atomic E-state index is 0.0214. The number of aliphatic hydroxyl groups is 1. The first kappa shape index (κ1) is 20.2. The molecule has 9 heteroatoms. The molecule has 1 aliphatic rings. The molecule has 0 aromatic heterocycles. The topological polar surface area (TPSA) is 70.6 Å². The second-order valence-electron chi connectivity index (χ2n) is 6.17. The number of aliphatic hydroxyl groups excluding tert-OH is 1. The third-order valence-corrected chi connectivity index (χ3v) is 5.10. The first-order valence-electron chi connectivity index (χ1n) is 8.17. The molecule has 144 valence electrons. The van der Waals surface area contributed by atoms with Crippen LogP contribution in [0.3, 0.4) is 0 Å². The molecule has 1 atom stereocenters. The van der Waals surface area contributed by atoms with Gasteiger partial charge in [-0.1, -0.05) is 11.6 Å². The van der Waals surface area contributed by atoms with Crippen molar-refractivity contribution < 1.29 is 23.5 Å². The standard InChI is InChI=1S/C18H16ClF2IN2O3/c19-12-6-11(18(26)24-27-17(8-25)9-1-2-9)16(7-13(12)20)23-15-4-3-10(22)5-14(15)21/h3-7,9,17,23,25H,1-2,8H2,(H,24,26). The number of rotatable bonds is 7. The summed E-state index contributed by atoms with van der Waals surface area (Å²) >= 11 is 7.76. The SMILES string of the molecule is O=C(NOC(CO)C1CC1)c1cc(Cl)c(F)cc1Nc1ccc(I)cc1F. The van der Waals surface area contributed by atoms with Gasteiger partial charge in [-0.3, -0.25) is 9.63 Å². The molecule has 1 aliphatic carbocycles. The van der Waals surface area contributed by atoms with E-state index in [-0.39, 0.29) is 34.5 Å². The molecular weight excluding hydrogens is 493 g/mol. The molecule has 0 spiro atoms. The van der Waals surface area contributed by atoms with Gasteiger partial charge in [-0.25, -0.2) is 14.3 Å². The Balaban J connectivity index is 1.82. The molecule has 0 bridgehead atoms. The fourth-order valence-corrected chi connectivity index (χ4v) is 3.13. The van der Waals surface area contributed by atoms with E-state index >= 15 is 0 Å². The van der Waals surface area contributed by atoms with Crippen molar-refractivity contribution in [3.05, 3.63) is 56.1 Å². The van der Waals surface area contributed by atoms with Crippen molar-refractivity contribution in [2.75, 3.05) is 11.9 Å². The van der Waals surface area contributed by atoms with Gasteiger partial charge in [0.25, 0.3) is 5.91 Å². The Morgan fingerprint density at radius 3 is 2.63 bits per heavy atom. The van der Waals surface area contributed by atoms with Gasteiger partial charge < -0.3 is 10.4 Å². The quantitative estimate of drug-likeness (QED) is 0.383. The van der Waals surface area contributed by atoms with E-state index in [0.29, 0.717) is 3.57 Å². The fourth-order valence-electron chi connectivity index (χ4n) is 2.51. The molecule has 0 saturated heterocycles.